The SMILES string of the molecule is CC(CC(=O)O)c1ccc(NC(=O)c2csc(Br)c2)cc1. The quantitative estimate of drug-likeness (QED) is 0.825. The van der Waals surface area contributed by atoms with Gasteiger partial charge < -0.3 is 10.4 Å². The molecule has 0 saturated carbocycles. The second-order valence-electron chi connectivity index (χ2n) is 4.71. The van der Waals surface area contributed by atoms with Crippen LogP contribution in [0.1, 0.15) is 35.2 Å². The number of carbonyl (C=O) groups excluding carboxylic acids is 1. The van der Waals surface area contributed by atoms with E-state index in [1.165, 1.54) is 11.3 Å². The fraction of sp³-hybridized carbons (Fsp3) is 0.200. The minimum atomic E-state index is -0.817. The molecule has 2 N–H and O–H groups in total. The van der Waals surface area contributed by atoms with Gasteiger partial charge in [-0.25, -0.2) is 0 Å². The first kappa shape index (κ1) is 15.7. The Morgan fingerprint density at radius 3 is 2.52 bits per heavy atom. The van der Waals surface area contributed by atoms with Gasteiger partial charge in [0, 0.05) is 11.1 Å². The molecule has 4 nitrogen and oxygen atoms in total. The first-order valence-electron chi connectivity index (χ1n) is 6.33. The third-order valence-corrected chi connectivity index (χ3v) is 4.55. The number of carboxylic acids is 1. The number of hydrogen-bond donors (Lipinski definition) is 2. The first-order chi connectivity index (χ1) is 9.95. The number of halogens is 1. The molecular formula is C15H14BrNO3S. The van der Waals surface area contributed by atoms with Crippen LogP contribution in [0.2, 0.25) is 0 Å². The molecule has 0 aliphatic heterocycles. The zero-order valence-electron chi connectivity index (χ0n) is 11.3. The Kier molecular flexibility index (Phi) is 5.14. The second kappa shape index (κ2) is 6.87. The number of nitrogens with one attached hydrogen (secondary N) is 1. The van der Waals surface area contributed by atoms with Gasteiger partial charge in [0.1, 0.15) is 0 Å². The van der Waals surface area contributed by atoms with Crippen molar-refractivity contribution in [3.8, 4) is 0 Å². The summed E-state index contributed by atoms with van der Waals surface area (Å²) in [4.78, 5) is 22.7. The molecule has 0 radical (unpaired) electrons. The molecule has 1 unspecified atom stereocenters. The molecule has 0 fully saturated rings. The maximum absolute atomic E-state index is 12.0. The predicted octanol–water partition coefficient (Wildman–Crippen LogP) is 4.34. The number of aliphatic carboxylic acids is 1. The Balaban J connectivity index is 2.02. The van der Waals surface area contributed by atoms with Crippen LogP contribution in [0.5, 0.6) is 0 Å². The maximum Gasteiger partial charge on any atom is 0.303 e. The Morgan fingerprint density at radius 2 is 2.00 bits per heavy atom. The van der Waals surface area contributed by atoms with E-state index in [4.69, 9.17) is 5.11 Å². The summed E-state index contributed by atoms with van der Waals surface area (Å²) in [5.41, 5.74) is 2.23. The summed E-state index contributed by atoms with van der Waals surface area (Å²) in [6.07, 6.45) is 0.0919. The Morgan fingerprint density at radius 1 is 1.33 bits per heavy atom. The third-order valence-electron chi connectivity index (χ3n) is 3.05. The predicted molar refractivity (Wildman–Crippen MR) is 87.1 cm³/mol. The van der Waals surface area contributed by atoms with Crippen molar-refractivity contribution in [3.05, 3.63) is 50.6 Å². The molecule has 0 spiro atoms. The summed E-state index contributed by atoms with van der Waals surface area (Å²) in [6.45, 7) is 1.87. The summed E-state index contributed by atoms with van der Waals surface area (Å²) in [6, 6.07) is 9.02. The molecule has 0 aliphatic carbocycles. The van der Waals surface area contributed by atoms with Gasteiger partial charge in [0.25, 0.3) is 5.91 Å². The van der Waals surface area contributed by atoms with E-state index in [9.17, 15) is 9.59 Å². The maximum atomic E-state index is 12.0. The van der Waals surface area contributed by atoms with E-state index < -0.39 is 5.97 Å². The topological polar surface area (TPSA) is 66.4 Å². The Labute approximate surface area is 134 Å². The molecule has 6 heteroatoms. The second-order valence-corrected chi connectivity index (χ2v) is 7.01. The van der Waals surface area contributed by atoms with E-state index >= 15 is 0 Å². The number of carboxylic acid groups (broad SMARTS) is 1. The zero-order valence-corrected chi connectivity index (χ0v) is 13.7. The number of rotatable bonds is 5. The van der Waals surface area contributed by atoms with Gasteiger partial charge in [-0.05, 0) is 45.6 Å². The summed E-state index contributed by atoms with van der Waals surface area (Å²) >= 11 is 4.78. The molecule has 1 aromatic heterocycles. The van der Waals surface area contributed by atoms with Gasteiger partial charge in [0.15, 0.2) is 0 Å². The summed E-state index contributed by atoms with van der Waals surface area (Å²) < 4.78 is 0.908. The van der Waals surface area contributed by atoms with Gasteiger partial charge in [-0.1, -0.05) is 19.1 Å². The van der Waals surface area contributed by atoms with E-state index in [0.29, 0.717) is 11.3 Å². The van der Waals surface area contributed by atoms with Gasteiger partial charge in [-0.3, -0.25) is 9.59 Å². The average Bonchev–Trinajstić information content (AvgIpc) is 2.85. The van der Waals surface area contributed by atoms with Crippen molar-refractivity contribution in [2.24, 2.45) is 0 Å². The first-order valence-corrected chi connectivity index (χ1v) is 8.00. The number of thiophene rings is 1. The Hall–Kier alpha value is -1.66. The molecule has 1 amide bonds. The van der Waals surface area contributed by atoms with Crippen molar-refractivity contribution in [2.45, 2.75) is 19.3 Å². The van der Waals surface area contributed by atoms with E-state index in [1.54, 1.807) is 23.6 Å². The molecule has 0 aliphatic rings. The fourth-order valence-electron chi connectivity index (χ4n) is 1.91. The largest absolute Gasteiger partial charge is 0.481 e. The summed E-state index contributed by atoms with van der Waals surface area (Å²) in [7, 11) is 0. The average molecular weight is 368 g/mol. The van der Waals surface area contributed by atoms with E-state index in [-0.39, 0.29) is 18.2 Å². The molecule has 1 heterocycles. The van der Waals surface area contributed by atoms with Crippen LogP contribution in [-0.4, -0.2) is 17.0 Å². The van der Waals surface area contributed by atoms with Gasteiger partial charge in [-0.15, -0.1) is 11.3 Å². The highest BCUT2D eigenvalue weighted by molar-refractivity contribution is 9.11. The fourth-order valence-corrected chi connectivity index (χ4v) is 3.04. The number of benzene rings is 1. The molecule has 0 saturated heterocycles. The van der Waals surface area contributed by atoms with Crippen molar-refractivity contribution in [1.82, 2.24) is 0 Å². The highest BCUT2D eigenvalue weighted by atomic mass is 79.9. The van der Waals surface area contributed by atoms with Gasteiger partial charge in [-0.2, -0.15) is 0 Å². The molecular weight excluding hydrogens is 354 g/mol. The van der Waals surface area contributed by atoms with Crippen LogP contribution >= 0.6 is 27.3 Å². The van der Waals surface area contributed by atoms with Crippen LogP contribution in [0, 0.1) is 0 Å². The van der Waals surface area contributed by atoms with Crippen molar-refractivity contribution in [2.75, 3.05) is 5.32 Å². The van der Waals surface area contributed by atoms with Gasteiger partial charge >= 0.3 is 5.97 Å². The third kappa shape index (κ3) is 4.41. The molecule has 21 heavy (non-hydrogen) atoms. The van der Waals surface area contributed by atoms with Crippen molar-refractivity contribution in [3.63, 3.8) is 0 Å². The van der Waals surface area contributed by atoms with Crippen LogP contribution < -0.4 is 5.32 Å². The van der Waals surface area contributed by atoms with E-state index in [2.05, 4.69) is 21.2 Å². The summed E-state index contributed by atoms with van der Waals surface area (Å²) in [5.74, 6) is -1.04. The molecule has 2 aromatic rings. The number of amides is 1. The monoisotopic (exact) mass is 367 g/mol. The minimum absolute atomic E-state index is 0.0555. The lowest BCUT2D eigenvalue weighted by Gasteiger charge is -2.10. The smallest absolute Gasteiger partial charge is 0.303 e. The summed E-state index contributed by atoms with van der Waals surface area (Å²) in [5, 5.41) is 13.4. The molecule has 1 atom stereocenters. The number of hydrogen-bond acceptors (Lipinski definition) is 3. The van der Waals surface area contributed by atoms with Crippen molar-refractivity contribution in [1.29, 1.82) is 0 Å². The van der Waals surface area contributed by atoms with E-state index in [0.717, 1.165) is 9.35 Å². The van der Waals surface area contributed by atoms with Crippen LogP contribution in [0.3, 0.4) is 0 Å². The normalized spacial score (nSPS) is 11.9. The van der Waals surface area contributed by atoms with Gasteiger partial charge in [0.05, 0.1) is 15.8 Å². The lowest BCUT2D eigenvalue weighted by molar-refractivity contribution is -0.137. The molecule has 2 rings (SSSR count). The lowest BCUT2D eigenvalue weighted by Crippen LogP contribution is -2.10. The van der Waals surface area contributed by atoms with Crippen LogP contribution in [-0.2, 0) is 4.79 Å². The number of anilines is 1. The lowest BCUT2D eigenvalue weighted by atomic mass is 9.98. The minimum Gasteiger partial charge on any atom is -0.481 e. The highest BCUT2D eigenvalue weighted by Gasteiger charge is 2.11. The van der Waals surface area contributed by atoms with Crippen molar-refractivity contribution < 1.29 is 14.7 Å². The van der Waals surface area contributed by atoms with Crippen LogP contribution in [0.15, 0.2) is 39.5 Å². The highest BCUT2D eigenvalue weighted by Crippen LogP contribution is 2.23. The van der Waals surface area contributed by atoms with E-state index in [1.807, 2.05) is 19.1 Å². The van der Waals surface area contributed by atoms with Crippen molar-refractivity contribution >= 4 is 44.8 Å². The van der Waals surface area contributed by atoms with Gasteiger partial charge in [0.2, 0.25) is 0 Å². The number of carbonyl (C=O) groups is 2. The molecule has 1 aromatic carbocycles. The van der Waals surface area contributed by atoms with Crippen LogP contribution in [0.25, 0.3) is 0 Å². The van der Waals surface area contributed by atoms with Crippen LogP contribution in [0.4, 0.5) is 5.69 Å². The standard InChI is InChI=1S/C15H14BrNO3S/c1-9(6-14(18)19)10-2-4-12(5-3-10)17-15(20)11-7-13(16)21-8-11/h2-5,7-9H,6H2,1H3,(H,17,20)(H,18,19). The molecule has 0 bridgehead atoms. The Bertz CT molecular complexity index is 651. The zero-order chi connectivity index (χ0) is 15.4. The molecule has 110 valence electrons.